The number of rotatable bonds is 3. The Kier molecular flexibility index (Phi) is 3.95. The van der Waals surface area contributed by atoms with Gasteiger partial charge in [0.05, 0.1) is 16.1 Å². The number of hydrogen-bond acceptors (Lipinski definition) is 4. The Morgan fingerprint density at radius 2 is 1.92 bits per heavy atom. The van der Waals surface area contributed by atoms with Crippen molar-refractivity contribution in [3.63, 3.8) is 0 Å². The van der Waals surface area contributed by atoms with Crippen LogP contribution in [0.3, 0.4) is 0 Å². The van der Waals surface area contributed by atoms with E-state index < -0.39 is 4.92 Å². The first-order valence-electron chi connectivity index (χ1n) is 7.38. The number of hydrogen-bond donors (Lipinski definition) is 1. The monoisotopic (exact) mass is 321 g/mol. The Balaban J connectivity index is 1.94. The summed E-state index contributed by atoms with van der Waals surface area (Å²) in [6, 6.07) is 13.7. The molecule has 0 saturated heterocycles. The van der Waals surface area contributed by atoms with Crippen LogP contribution in [0, 0.1) is 24.0 Å². The molecule has 1 heterocycles. The molecule has 0 radical (unpaired) electrons. The molecule has 24 heavy (non-hydrogen) atoms. The van der Waals surface area contributed by atoms with Crippen molar-refractivity contribution in [2.75, 3.05) is 5.32 Å². The molecule has 0 aliphatic heterocycles. The Labute approximate surface area is 138 Å². The molecule has 0 saturated carbocycles. The molecular weight excluding hydrogens is 306 g/mol. The molecule has 0 atom stereocenters. The smallest absolute Gasteiger partial charge is 0.272 e. The summed E-state index contributed by atoms with van der Waals surface area (Å²) in [7, 11) is 0. The van der Waals surface area contributed by atoms with Crippen LogP contribution in [0.2, 0.25) is 0 Å². The number of aryl methyl sites for hydroxylation is 2. The fourth-order valence-corrected chi connectivity index (χ4v) is 2.54. The third kappa shape index (κ3) is 2.94. The highest BCUT2D eigenvalue weighted by Gasteiger charge is 2.15. The van der Waals surface area contributed by atoms with E-state index in [-0.39, 0.29) is 11.6 Å². The minimum absolute atomic E-state index is 0.00555. The number of nitrogens with one attached hydrogen (secondary N) is 1. The van der Waals surface area contributed by atoms with Crippen LogP contribution in [0.15, 0.2) is 48.5 Å². The molecule has 0 fully saturated rings. The lowest BCUT2D eigenvalue weighted by molar-refractivity contribution is -0.385. The molecule has 0 unspecified atom stereocenters. The lowest BCUT2D eigenvalue weighted by atomic mass is 10.1. The number of nitro benzene ring substituents is 1. The third-order valence-corrected chi connectivity index (χ3v) is 3.76. The fraction of sp³-hybridized carbons (Fsp3) is 0.111. The molecule has 0 bridgehead atoms. The van der Waals surface area contributed by atoms with Crippen molar-refractivity contribution >= 4 is 28.2 Å². The summed E-state index contributed by atoms with van der Waals surface area (Å²) >= 11 is 0. The minimum atomic E-state index is -0.464. The van der Waals surface area contributed by atoms with Gasteiger partial charge in [-0.2, -0.15) is 0 Å². The number of fused-ring (bicyclic) bond motifs is 1. The number of pyridine rings is 1. The van der Waals surface area contributed by atoms with Gasteiger partial charge in [-0.3, -0.25) is 19.9 Å². The van der Waals surface area contributed by atoms with Crippen molar-refractivity contribution in [3.05, 3.63) is 75.5 Å². The first-order valence-corrected chi connectivity index (χ1v) is 7.38. The Morgan fingerprint density at radius 1 is 1.12 bits per heavy atom. The summed E-state index contributed by atoms with van der Waals surface area (Å²) in [6.07, 6.45) is 0. The molecular formula is C18H15N3O3. The van der Waals surface area contributed by atoms with Gasteiger partial charge in [0.1, 0.15) is 0 Å². The highest BCUT2D eigenvalue weighted by atomic mass is 16.6. The molecule has 3 aromatic rings. The molecule has 0 spiro atoms. The third-order valence-electron chi connectivity index (χ3n) is 3.76. The maximum Gasteiger partial charge on any atom is 0.272 e. The lowest BCUT2D eigenvalue weighted by Gasteiger charge is -2.09. The first-order chi connectivity index (χ1) is 11.5. The number of carbonyl (C=O) groups excluding carboxylic acids is 1. The molecule has 1 amide bonds. The van der Waals surface area contributed by atoms with Crippen LogP contribution in [0.25, 0.3) is 10.9 Å². The SMILES string of the molecule is Cc1ccc2cccc(NC(=O)c3ccc([N+](=O)[O-])c(C)c3)c2n1. The largest absolute Gasteiger partial charge is 0.320 e. The quantitative estimate of drug-likeness (QED) is 0.583. The van der Waals surface area contributed by atoms with Gasteiger partial charge in [-0.05, 0) is 38.1 Å². The van der Waals surface area contributed by atoms with Gasteiger partial charge in [-0.1, -0.05) is 18.2 Å². The Bertz CT molecular complexity index is 967. The van der Waals surface area contributed by atoms with E-state index in [0.717, 1.165) is 11.1 Å². The predicted octanol–water partition coefficient (Wildman–Crippen LogP) is 4.01. The molecule has 6 heteroatoms. The number of nitro groups is 1. The topological polar surface area (TPSA) is 85.1 Å². The molecule has 0 aliphatic rings. The number of benzene rings is 2. The van der Waals surface area contributed by atoms with Gasteiger partial charge in [0.15, 0.2) is 0 Å². The number of nitrogens with zero attached hydrogens (tertiary/aromatic N) is 2. The average Bonchev–Trinajstić information content (AvgIpc) is 2.55. The van der Waals surface area contributed by atoms with Gasteiger partial charge in [-0.25, -0.2) is 0 Å². The van der Waals surface area contributed by atoms with Gasteiger partial charge in [0.25, 0.3) is 11.6 Å². The van der Waals surface area contributed by atoms with Crippen LogP contribution in [-0.4, -0.2) is 15.8 Å². The highest BCUT2D eigenvalue weighted by molar-refractivity contribution is 6.08. The van der Waals surface area contributed by atoms with E-state index in [4.69, 9.17) is 0 Å². The first kappa shape index (κ1) is 15.6. The van der Waals surface area contributed by atoms with E-state index in [1.54, 1.807) is 13.0 Å². The van der Waals surface area contributed by atoms with Crippen LogP contribution in [0.1, 0.15) is 21.6 Å². The average molecular weight is 321 g/mol. The maximum atomic E-state index is 12.5. The fourth-order valence-electron chi connectivity index (χ4n) is 2.54. The second kappa shape index (κ2) is 6.08. The van der Waals surface area contributed by atoms with E-state index in [1.807, 2.05) is 31.2 Å². The Hall–Kier alpha value is -3.28. The summed E-state index contributed by atoms with van der Waals surface area (Å²) in [6.45, 7) is 3.50. The van der Waals surface area contributed by atoms with Gasteiger partial charge in [0.2, 0.25) is 0 Å². The molecule has 1 N–H and O–H groups in total. The van der Waals surface area contributed by atoms with Crippen molar-refractivity contribution in [1.82, 2.24) is 4.98 Å². The zero-order valence-electron chi connectivity index (χ0n) is 13.2. The van der Waals surface area contributed by atoms with Crippen molar-refractivity contribution in [2.24, 2.45) is 0 Å². The van der Waals surface area contributed by atoms with Crippen molar-refractivity contribution < 1.29 is 9.72 Å². The van der Waals surface area contributed by atoms with Crippen LogP contribution in [-0.2, 0) is 0 Å². The zero-order valence-corrected chi connectivity index (χ0v) is 13.2. The molecule has 120 valence electrons. The van der Waals surface area contributed by atoms with Gasteiger partial charge in [0, 0.05) is 28.3 Å². The van der Waals surface area contributed by atoms with Crippen LogP contribution in [0.5, 0.6) is 0 Å². The van der Waals surface area contributed by atoms with Gasteiger partial charge < -0.3 is 5.32 Å². The minimum Gasteiger partial charge on any atom is -0.320 e. The Morgan fingerprint density at radius 3 is 2.62 bits per heavy atom. The highest BCUT2D eigenvalue weighted by Crippen LogP contribution is 2.23. The molecule has 3 rings (SSSR count). The predicted molar refractivity (Wildman–Crippen MR) is 92.3 cm³/mol. The second-order valence-corrected chi connectivity index (χ2v) is 5.54. The molecule has 0 aliphatic carbocycles. The number of aromatic nitrogens is 1. The summed E-state index contributed by atoms with van der Waals surface area (Å²) in [5.74, 6) is -0.330. The number of amides is 1. The number of carbonyl (C=O) groups is 1. The van der Waals surface area contributed by atoms with Crippen molar-refractivity contribution in [1.29, 1.82) is 0 Å². The van der Waals surface area contributed by atoms with E-state index >= 15 is 0 Å². The maximum absolute atomic E-state index is 12.5. The second-order valence-electron chi connectivity index (χ2n) is 5.54. The normalized spacial score (nSPS) is 10.6. The van der Waals surface area contributed by atoms with Crippen LogP contribution >= 0.6 is 0 Å². The summed E-state index contributed by atoms with van der Waals surface area (Å²) in [5, 5.41) is 14.6. The van der Waals surface area contributed by atoms with Gasteiger partial charge in [-0.15, -0.1) is 0 Å². The van der Waals surface area contributed by atoms with Crippen LogP contribution < -0.4 is 5.32 Å². The molecule has 1 aromatic heterocycles. The zero-order chi connectivity index (χ0) is 17.3. The van der Waals surface area contributed by atoms with Gasteiger partial charge >= 0.3 is 0 Å². The number of para-hydroxylation sites is 1. The summed E-state index contributed by atoms with van der Waals surface area (Å²) < 4.78 is 0. The van der Waals surface area contributed by atoms with Crippen LogP contribution in [0.4, 0.5) is 11.4 Å². The van der Waals surface area contributed by atoms with E-state index in [0.29, 0.717) is 22.3 Å². The molecule has 2 aromatic carbocycles. The lowest BCUT2D eigenvalue weighted by Crippen LogP contribution is -2.13. The summed E-state index contributed by atoms with van der Waals surface area (Å²) in [4.78, 5) is 27.3. The van der Waals surface area contributed by atoms with E-state index in [1.165, 1.54) is 18.2 Å². The van der Waals surface area contributed by atoms with Crippen molar-refractivity contribution in [2.45, 2.75) is 13.8 Å². The number of anilines is 1. The summed E-state index contributed by atoms with van der Waals surface area (Å²) in [5.41, 5.74) is 2.98. The van der Waals surface area contributed by atoms with E-state index in [9.17, 15) is 14.9 Å². The molecule has 6 nitrogen and oxygen atoms in total. The van der Waals surface area contributed by atoms with Crippen molar-refractivity contribution in [3.8, 4) is 0 Å². The van der Waals surface area contributed by atoms with E-state index in [2.05, 4.69) is 10.3 Å². The standard InChI is InChI=1S/C18H15N3O3/c1-11-10-14(8-9-16(11)21(23)24)18(22)20-15-5-3-4-13-7-6-12(2)19-17(13)15/h3-10H,1-2H3,(H,20,22).